The summed E-state index contributed by atoms with van der Waals surface area (Å²) in [4.78, 5) is 4.37. The molecule has 0 spiro atoms. The first-order chi connectivity index (χ1) is 14.4. The minimum Gasteiger partial charge on any atom is -0.443 e. The van der Waals surface area contributed by atoms with Gasteiger partial charge in [0.1, 0.15) is 5.52 Å². The molecule has 4 heteroatoms. The van der Waals surface area contributed by atoms with Gasteiger partial charge in [-0.3, -0.25) is 0 Å². The van der Waals surface area contributed by atoms with Gasteiger partial charge in [-0.15, -0.1) is 11.3 Å². The average molecular weight is 390 g/mol. The zero-order valence-electron chi connectivity index (χ0n) is 15.3. The monoisotopic (exact) mass is 390 g/mol. The van der Waals surface area contributed by atoms with E-state index in [0.717, 1.165) is 16.8 Å². The zero-order chi connectivity index (χ0) is 18.9. The molecule has 3 aromatic heterocycles. The molecule has 0 saturated heterocycles. The predicted molar refractivity (Wildman–Crippen MR) is 121 cm³/mol. The molecule has 0 saturated carbocycles. The van der Waals surface area contributed by atoms with Crippen LogP contribution in [0, 0.1) is 0 Å². The second-order valence-electron chi connectivity index (χ2n) is 7.29. The first kappa shape index (κ1) is 15.3. The number of aromatic nitrogens is 2. The van der Waals surface area contributed by atoms with Gasteiger partial charge in [0.2, 0.25) is 0 Å². The van der Waals surface area contributed by atoms with Crippen molar-refractivity contribution in [2.75, 3.05) is 0 Å². The lowest BCUT2D eigenvalue weighted by Gasteiger charge is -2.08. The summed E-state index contributed by atoms with van der Waals surface area (Å²) >= 11 is 1.87. The van der Waals surface area contributed by atoms with Gasteiger partial charge in [-0.2, -0.15) is 0 Å². The molecule has 7 aromatic rings. The third-order valence-corrected chi connectivity index (χ3v) is 6.94. The fourth-order valence-electron chi connectivity index (χ4n) is 4.48. The van der Waals surface area contributed by atoms with Gasteiger partial charge in [0.15, 0.2) is 12.0 Å². The molecule has 0 radical (unpaired) electrons. The summed E-state index contributed by atoms with van der Waals surface area (Å²) in [6.07, 6.45) is 1.50. The highest BCUT2D eigenvalue weighted by molar-refractivity contribution is 7.26. The SMILES string of the molecule is c1ccc2c(c1)sc1c2ccc2c3ccccc3n(-c3ccc4ocnc4c3)c21. The van der Waals surface area contributed by atoms with Crippen molar-refractivity contribution in [3.63, 3.8) is 0 Å². The van der Waals surface area contributed by atoms with E-state index in [-0.39, 0.29) is 0 Å². The van der Waals surface area contributed by atoms with E-state index in [1.807, 2.05) is 17.4 Å². The van der Waals surface area contributed by atoms with E-state index < -0.39 is 0 Å². The van der Waals surface area contributed by atoms with Crippen LogP contribution in [-0.2, 0) is 0 Å². The molecular formula is C25H14N2OS. The fraction of sp³-hybridized carbons (Fsp3) is 0. The lowest BCUT2D eigenvalue weighted by molar-refractivity contribution is 0.602. The number of thiophene rings is 1. The van der Waals surface area contributed by atoms with Crippen LogP contribution >= 0.6 is 11.3 Å². The highest BCUT2D eigenvalue weighted by Crippen LogP contribution is 2.42. The van der Waals surface area contributed by atoms with Crippen LogP contribution in [-0.4, -0.2) is 9.55 Å². The van der Waals surface area contributed by atoms with Crippen molar-refractivity contribution in [3.8, 4) is 5.69 Å². The Kier molecular flexibility index (Phi) is 2.88. The van der Waals surface area contributed by atoms with Crippen LogP contribution < -0.4 is 0 Å². The Morgan fingerprint density at radius 2 is 1.59 bits per heavy atom. The first-order valence-corrected chi connectivity index (χ1v) is 10.4. The minimum absolute atomic E-state index is 0.807. The molecule has 0 atom stereocenters. The molecule has 0 unspecified atom stereocenters. The molecule has 0 aliphatic heterocycles. The van der Waals surface area contributed by atoms with Crippen LogP contribution in [0.3, 0.4) is 0 Å². The summed E-state index contributed by atoms with van der Waals surface area (Å²) in [5.74, 6) is 0. The lowest BCUT2D eigenvalue weighted by atomic mass is 10.1. The maximum absolute atomic E-state index is 5.46. The van der Waals surface area contributed by atoms with Crippen LogP contribution in [0.25, 0.3) is 58.8 Å². The lowest BCUT2D eigenvalue weighted by Crippen LogP contribution is -1.93. The maximum atomic E-state index is 5.46. The number of benzene rings is 4. The van der Waals surface area contributed by atoms with E-state index >= 15 is 0 Å². The number of para-hydroxylation sites is 1. The van der Waals surface area contributed by atoms with Crippen LogP contribution in [0.5, 0.6) is 0 Å². The van der Waals surface area contributed by atoms with Crippen molar-refractivity contribution in [1.29, 1.82) is 0 Å². The van der Waals surface area contributed by atoms with Gasteiger partial charge in [0.25, 0.3) is 0 Å². The molecule has 0 aliphatic carbocycles. The molecule has 3 nitrogen and oxygen atoms in total. The van der Waals surface area contributed by atoms with Crippen molar-refractivity contribution in [1.82, 2.24) is 9.55 Å². The second kappa shape index (κ2) is 5.46. The number of fused-ring (bicyclic) bond motifs is 8. The number of hydrogen-bond donors (Lipinski definition) is 0. The molecule has 0 bridgehead atoms. The minimum atomic E-state index is 0.807. The third kappa shape index (κ3) is 1.99. The van der Waals surface area contributed by atoms with Crippen molar-refractivity contribution in [2.24, 2.45) is 0 Å². The van der Waals surface area contributed by atoms with Crippen molar-refractivity contribution < 1.29 is 4.42 Å². The van der Waals surface area contributed by atoms with Gasteiger partial charge in [-0.05, 0) is 30.3 Å². The Bertz CT molecular complexity index is 1720. The summed E-state index contributed by atoms with van der Waals surface area (Å²) in [7, 11) is 0. The van der Waals surface area contributed by atoms with Crippen molar-refractivity contribution >= 4 is 64.4 Å². The fourth-order valence-corrected chi connectivity index (χ4v) is 5.72. The van der Waals surface area contributed by atoms with E-state index in [0.29, 0.717) is 0 Å². The molecule has 136 valence electrons. The Hall–Kier alpha value is -3.63. The van der Waals surface area contributed by atoms with Crippen LogP contribution in [0.15, 0.2) is 89.7 Å². The standard InChI is InChI=1S/C25H14N2OS/c1-3-7-21-16(5-1)18-10-11-19-17-6-2-4-8-23(17)29-25(19)24(18)27(21)15-9-12-22-20(13-15)26-14-28-22/h1-14H. The van der Waals surface area contributed by atoms with E-state index in [1.165, 1.54) is 48.4 Å². The summed E-state index contributed by atoms with van der Waals surface area (Å²) < 4.78 is 10.5. The highest BCUT2D eigenvalue weighted by Gasteiger charge is 2.17. The first-order valence-electron chi connectivity index (χ1n) is 9.55. The predicted octanol–water partition coefficient (Wildman–Crippen LogP) is 7.29. The molecule has 7 rings (SSSR count). The second-order valence-corrected chi connectivity index (χ2v) is 8.35. The molecule has 3 heterocycles. The van der Waals surface area contributed by atoms with Gasteiger partial charge >= 0.3 is 0 Å². The molecular weight excluding hydrogens is 376 g/mol. The van der Waals surface area contributed by atoms with E-state index in [4.69, 9.17) is 4.42 Å². The van der Waals surface area contributed by atoms with Crippen molar-refractivity contribution in [2.45, 2.75) is 0 Å². The molecule has 29 heavy (non-hydrogen) atoms. The number of rotatable bonds is 1. The van der Waals surface area contributed by atoms with Crippen molar-refractivity contribution in [3.05, 3.63) is 85.3 Å². The van der Waals surface area contributed by atoms with E-state index in [2.05, 4.69) is 82.3 Å². The summed E-state index contributed by atoms with van der Waals surface area (Å²) in [5.41, 5.74) is 5.24. The van der Waals surface area contributed by atoms with E-state index in [9.17, 15) is 0 Å². The molecule has 0 fully saturated rings. The molecule has 0 N–H and O–H groups in total. The number of oxazole rings is 1. The smallest absolute Gasteiger partial charge is 0.181 e. The molecule has 0 amide bonds. The van der Waals surface area contributed by atoms with Gasteiger partial charge in [0.05, 0.1) is 15.7 Å². The Balaban J connectivity index is 1.73. The number of hydrogen-bond acceptors (Lipinski definition) is 3. The van der Waals surface area contributed by atoms with Gasteiger partial charge in [0, 0.05) is 31.9 Å². The van der Waals surface area contributed by atoms with E-state index in [1.54, 1.807) is 0 Å². The Labute approximate surface area is 169 Å². The summed E-state index contributed by atoms with van der Waals surface area (Å²) in [6, 6.07) is 28.1. The zero-order valence-corrected chi connectivity index (χ0v) is 16.1. The average Bonchev–Trinajstić information content (AvgIpc) is 3.46. The molecule has 0 aliphatic rings. The third-order valence-electron chi connectivity index (χ3n) is 5.75. The van der Waals surface area contributed by atoms with Gasteiger partial charge < -0.3 is 8.98 Å². The Morgan fingerprint density at radius 3 is 2.55 bits per heavy atom. The topological polar surface area (TPSA) is 31.0 Å². The Morgan fingerprint density at radius 1 is 0.759 bits per heavy atom. The molecule has 4 aromatic carbocycles. The maximum Gasteiger partial charge on any atom is 0.181 e. The van der Waals surface area contributed by atoms with Gasteiger partial charge in [-0.25, -0.2) is 4.98 Å². The highest BCUT2D eigenvalue weighted by atomic mass is 32.1. The largest absolute Gasteiger partial charge is 0.443 e. The van der Waals surface area contributed by atoms with Crippen LogP contribution in [0.2, 0.25) is 0 Å². The number of nitrogens with zero attached hydrogens (tertiary/aromatic N) is 2. The normalized spacial score (nSPS) is 12.1. The summed E-state index contributed by atoms with van der Waals surface area (Å²) in [5, 5.41) is 5.17. The summed E-state index contributed by atoms with van der Waals surface area (Å²) in [6.45, 7) is 0. The quantitative estimate of drug-likeness (QED) is 0.295. The van der Waals surface area contributed by atoms with Gasteiger partial charge in [-0.1, -0.05) is 48.5 Å². The van der Waals surface area contributed by atoms with Crippen LogP contribution in [0.1, 0.15) is 0 Å². The van der Waals surface area contributed by atoms with Crippen LogP contribution in [0.4, 0.5) is 0 Å².